The fourth-order valence-electron chi connectivity index (χ4n) is 0.938. The Bertz CT molecular complexity index is 297. The molecule has 1 N–H and O–H groups in total. The highest BCUT2D eigenvalue weighted by Crippen LogP contribution is 2.19. The Morgan fingerprint density at radius 1 is 1.40 bits per heavy atom. The number of ether oxygens (including phenoxy) is 1. The minimum absolute atomic E-state index is 0.178. The van der Waals surface area contributed by atoms with Crippen molar-refractivity contribution in [1.29, 1.82) is 0 Å². The third-order valence-electron chi connectivity index (χ3n) is 1.69. The molecule has 0 saturated heterocycles. The summed E-state index contributed by atoms with van der Waals surface area (Å²) in [6.07, 6.45) is -3.57. The monoisotopic (exact) mass is 220 g/mol. The van der Waals surface area contributed by atoms with Gasteiger partial charge in [-0.25, -0.2) is 4.98 Å². The lowest BCUT2D eigenvalue weighted by Gasteiger charge is -2.08. The van der Waals surface area contributed by atoms with Crippen LogP contribution in [0.15, 0.2) is 18.3 Å². The molecular weight excluding hydrogens is 209 g/mol. The third-order valence-corrected chi connectivity index (χ3v) is 1.69. The molecule has 0 radical (unpaired) electrons. The predicted octanol–water partition coefficient (Wildman–Crippen LogP) is 2.45. The van der Waals surface area contributed by atoms with Gasteiger partial charge in [0.1, 0.15) is 11.6 Å². The number of aromatic nitrogens is 1. The molecule has 1 aromatic heterocycles. The molecule has 0 amide bonds. The normalized spacial score (nSPS) is 11.2. The molecule has 6 heteroatoms. The van der Waals surface area contributed by atoms with Crippen molar-refractivity contribution < 1.29 is 17.9 Å². The van der Waals surface area contributed by atoms with Crippen LogP contribution in [0.4, 0.5) is 19.0 Å². The number of alkyl halides is 3. The molecule has 0 aromatic carbocycles. The van der Waals surface area contributed by atoms with Crippen molar-refractivity contribution in [2.75, 3.05) is 19.0 Å². The van der Waals surface area contributed by atoms with E-state index >= 15 is 0 Å². The van der Waals surface area contributed by atoms with Gasteiger partial charge in [-0.15, -0.1) is 0 Å². The van der Waals surface area contributed by atoms with Gasteiger partial charge in [-0.3, -0.25) is 0 Å². The molecule has 0 aliphatic heterocycles. The molecule has 84 valence electrons. The fraction of sp³-hybridized carbons (Fsp3) is 0.444. The van der Waals surface area contributed by atoms with E-state index in [-0.39, 0.29) is 6.54 Å². The van der Waals surface area contributed by atoms with E-state index in [9.17, 15) is 13.2 Å². The van der Waals surface area contributed by atoms with Gasteiger partial charge in [0.05, 0.1) is 19.7 Å². The third kappa shape index (κ3) is 4.53. The van der Waals surface area contributed by atoms with Crippen LogP contribution in [0, 0.1) is 0 Å². The molecule has 0 aliphatic rings. The lowest BCUT2D eigenvalue weighted by atomic mass is 10.4. The largest absolute Gasteiger partial charge is 0.495 e. The molecule has 0 fully saturated rings. The smallest absolute Gasteiger partial charge is 0.390 e. The van der Waals surface area contributed by atoms with Gasteiger partial charge in [-0.2, -0.15) is 13.2 Å². The van der Waals surface area contributed by atoms with Crippen LogP contribution in [0.2, 0.25) is 0 Å². The first-order valence-corrected chi connectivity index (χ1v) is 4.32. The van der Waals surface area contributed by atoms with E-state index in [0.717, 1.165) is 0 Å². The highest BCUT2D eigenvalue weighted by molar-refractivity contribution is 5.37. The van der Waals surface area contributed by atoms with E-state index in [2.05, 4.69) is 10.3 Å². The van der Waals surface area contributed by atoms with Gasteiger partial charge in [0.15, 0.2) is 0 Å². The molecule has 0 atom stereocenters. The van der Waals surface area contributed by atoms with Crippen LogP contribution in [0.1, 0.15) is 6.42 Å². The Hall–Kier alpha value is -1.46. The van der Waals surface area contributed by atoms with Crippen LogP contribution >= 0.6 is 0 Å². The first kappa shape index (κ1) is 11.6. The zero-order valence-electron chi connectivity index (χ0n) is 8.14. The van der Waals surface area contributed by atoms with Crippen molar-refractivity contribution >= 4 is 5.82 Å². The SMILES string of the molecule is COc1ccc(NCCC(F)(F)F)nc1. The summed E-state index contributed by atoms with van der Waals surface area (Å²) in [6.45, 7) is -0.178. The van der Waals surface area contributed by atoms with E-state index in [1.165, 1.54) is 13.3 Å². The number of methoxy groups -OCH3 is 1. The van der Waals surface area contributed by atoms with Crippen molar-refractivity contribution in [3.8, 4) is 5.75 Å². The average Bonchev–Trinajstić information content (AvgIpc) is 2.17. The Labute approximate surface area is 85.3 Å². The summed E-state index contributed by atoms with van der Waals surface area (Å²) in [7, 11) is 1.49. The molecule has 0 aliphatic carbocycles. The molecule has 0 unspecified atom stereocenters. The number of nitrogens with one attached hydrogen (secondary N) is 1. The van der Waals surface area contributed by atoms with Gasteiger partial charge in [-0.1, -0.05) is 0 Å². The van der Waals surface area contributed by atoms with Crippen LogP contribution in [0.3, 0.4) is 0 Å². The Kier molecular flexibility index (Phi) is 3.76. The van der Waals surface area contributed by atoms with Gasteiger partial charge in [-0.05, 0) is 12.1 Å². The standard InChI is InChI=1S/C9H11F3N2O/c1-15-7-2-3-8(14-6-7)13-5-4-9(10,11)12/h2-3,6H,4-5H2,1H3,(H,13,14). The summed E-state index contributed by atoms with van der Waals surface area (Å²) >= 11 is 0. The number of hydrogen-bond donors (Lipinski definition) is 1. The number of nitrogens with zero attached hydrogens (tertiary/aromatic N) is 1. The molecular formula is C9H11F3N2O. The second kappa shape index (κ2) is 4.86. The topological polar surface area (TPSA) is 34.1 Å². The van der Waals surface area contributed by atoms with E-state index in [0.29, 0.717) is 11.6 Å². The average molecular weight is 220 g/mol. The van der Waals surface area contributed by atoms with Crippen LogP contribution < -0.4 is 10.1 Å². The molecule has 0 saturated carbocycles. The maximum atomic E-state index is 11.8. The maximum absolute atomic E-state index is 11.8. The van der Waals surface area contributed by atoms with Crippen LogP contribution in [0.5, 0.6) is 5.75 Å². The molecule has 3 nitrogen and oxygen atoms in total. The number of rotatable bonds is 4. The zero-order valence-corrected chi connectivity index (χ0v) is 8.14. The van der Waals surface area contributed by atoms with Crippen molar-refractivity contribution in [1.82, 2.24) is 4.98 Å². The van der Waals surface area contributed by atoms with E-state index in [1.54, 1.807) is 12.1 Å². The van der Waals surface area contributed by atoms with Gasteiger partial charge in [0.2, 0.25) is 0 Å². The lowest BCUT2D eigenvalue weighted by molar-refractivity contribution is -0.131. The van der Waals surface area contributed by atoms with E-state index in [1.807, 2.05) is 0 Å². The van der Waals surface area contributed by atoms with Crippen LogP contribution in [-0.2, 0) is 0 Å². The molecule has 1 aromatic rings. The van der Waals surface area contributed by atoms with Crippen LogP contribution in [-0.4, -0.2) is 24.8 Å². The van der Waals surface area contributed by atoms with E-state index in [4.69, 9.17) is 4.74 Å². The first-order valence-electron chi connectivity index (χ1n) is 4.32. The minimum Gasteiger partial charge on any atom is -0.495 e. The summed E-state index contributed by atoms with van der Waals surface area (Å²) < 4.78 is 40.2. The van der Waals surface area contributed by atoms with Gasteiger partial charge in [0, 0.05) is 6.54 Å². The minimum atomic E-state index is -4.14. The molecule has 1 rings (SSSR count). The van der Waals surface area contributed by atoms with Gasteiger partial charge >= 0.3 is 6.18 Å². The molecule has 0 spiro atoms. The second-order valence-corrected chi connectivity index (χ2v) is 2.88. The number of anilines is 1. The summed E-state index contributed by atoms with van der Waals surface area (Å²) in [4.78, 5) is 3.87. The Morgan fingerprint density at radius 2 is 2.13 bits per heavy atom. The van der Waals surface area contributed by atoms with Crippen molar-refractivity contribution in [2.45, 2.75) is 12.6 Å². The Morgan fingerprint density at radius 3 is 2.60 bits per heavy atom. The van der Waals surface area contributed by atoms with Gasteiger partial charge < -0.3 is 10.1 Å². The predicted molar refractivity (Wildman–Crippen MR) is 50.0 cm³/mol. The fourth-order valence-corrected chi connectivity index (χ4v) is 0.938. The molecule has 0 bridgehead atoms. The van der Waals surface area contributed by atoms with Crippen molar-refractivity contribution in [3.63, 3.8) is 0 Å². The quantitative estimate of drug-likeness (QED) is 0.846. The zero-order chi connectivity index (χ0) is 11.3. The van der Waals surface area contributed by atoms with E-state index < -0.39 is 12.6 Å². The van der Waals surface area contributed by atoms with Crippen LogP contribution in [0.25, 0.3) is 0 Å². The van der Waals surface area contributed by atoms with Crippen molar-refractivity contribution in [2.24, 2.45) is 0 Å². The number of pyridine rings is 1. The molecule has 15 heavy (non-hydrogen) atoms. The second-order valence-electron chi connectivity index (χ2n) is 2.88. The number of hydrogen-bond acceptors (Lipinski definition) is 3. The summed E-state index contributed by atoms with van der Waals surface area (Å²) in [5, 5.41) is 2.57. The van der Waals surface area contributed by atoms with Crippen molar-refractivity contribution in [3.05, 3.63) is 18.3 Å². The van der Waals surface area contributed by atoms with Gasteiger partial charge in [0.25, 0.3) is 0 Å². The summed E-state index contributed by atoms with van der Waals surface area (Å²) in [6, 6.07) is 3.19. The highest BCUT2D eigenvalue weighted by atomic mass is 19.4. The Balaban J connectivity index is 2.38. The maximum Gasteiger partial charge on any atom is 0.390 e. The summed E-state index contributed by atoms with van der Waals surface area (Å²) in [5.74, 6) is 0.969. The lowest BCUT2D eigenvalue weighted by Crippen LogP contribution is -2.15. The first-order chi connectivity index (χ1) is 7.01. The highest BCUT2D eigenvalue weighted by Gasteiger charge is 2.26. The molecule has 1 heterocycles. The summed E-state index contributed by atoms with van der Waals surface area (Å²) in [5.41, 5.74) is 0. The number of halogens is 3.